The summed E-state index contributed by atoms with van der Waals surface area (Å²) in [6.07, 6.45) is 0. The van der Waals surface area contributed by atoms with Crippen LogP contribution >= 0.6 is 0 Å². The first-order valence-corrected chi connectivity index (χ1v) is 10.5. The summed E-state index contributed by atoms with van der Waals surface area (Å²) >= 11 is 0. The van der Waals surface area contributed by atoms with Crippen molar-refractivity contribution in [3.8, 4) is 0 Å². The Morgan fingerprint density at radius 3 is 2.32 bits per heavy atom. The maximum atomic E-state index is 14.9. The molecule has 1 heterocycles. The molecule has 0 radical (unpaired) electrons. The first-order valence-electron chi connectivity index (χ1n) is 6.98. The Morgan fingerprint density at radius 2 is 1.86 bits per heavy atom. The highest BCUT2D eigenvalue weighted by Gasteiger charge is 2.34. The van der Waals surface area contributed by atoms with E-state index in [0.29, 0.717) is 5.32 Å². The minimum Gasteiger partial charge on any atom is -0.423 e. The van der Waals surface area contributed by atoms with E-state index in [4.69, 9.17) is 0 Å². The summed E-state index contributed by atoms with van der Waals surface area (Å²) < 4.78 is 16.2. The second-order valence-corrected chi connectivity index (χ2v) is 11.5. The third-order valence-electron chi connectivity index (χ3n) is 3.52. The number of hydrogen-bond donors (Lipinski definition) is 2. The zero-order valence-electron chi connectivity index (χ0n) is 13.4. The molecule has 0 saturated carbocycles. The Morgan fingerprint density at radius 1 is 1.27 bits per heavy atom. The summed E-state index contributed by atoms with van der Waals surface area (Å²) in [6, 6.07) is 4.19. The number of halogens is 1. The third kappa shape index (κ3) is 2.58. The molecule has 1 aromatic carbocycles. The maximum Gasteiger partial charge on any atom is 0.490 e. The monoisotopic (exact) mass is 322 g/mol. The van der Waals surface area contributed by atoms with Gasteiger partial charge in [-0.05, 0) is 6.07 Å². The Balaban J connectivity index is 3.01. The number of amides is 1. The lowest BCUT2D eigenvalue weighted by atomic mass is 9.79. The van der Waals surface area contributed by atoms with Crippen LogP contribution in [0.4, 0.5) is 9.18 Å². The van der Waals surface area contributed by atoms with Crippen LogP contribution in [0.5, 0.6) is 0 Å². The predicted octanol–water partition coefficient (Wildman–Crippen LogP) is 0.535. The molecule has 118 valence electrons. The van der Waals surface area contributed by atoms with Crippen molar-refractivity contribution in [3.05, 3.63) is 24.0 Å². The molecular weight excluding hydrogens is 302 g/mol. The molecule has 0 saturated heterocycles. The third-order valence-corrected chi connectivity index (χ3v) is 5.39. The van der Waals surface area contributed by atoms with Gasteiger partial charge in [0.2, 0.25) is 0 Å². The molecule has 2 rings (SSSR count). The van der Waals surface area contributed by atoms with Crippen molar-refractivity contribution >= 4 is 42.9 Å². The van der Waals surface area contributed by atoms with Crippen LogP contribution in [0.25, 0.3) is 10.9 Å². The fourth-order valence-electron chi connectivity index (χ4n) is 2.59. The Bertz CT molecular complexity index is 738. The molecule has 1 amide bonds. The quantitative estimate of drug-likeness (QED) is 0.793. The minimum atomic E-state index is -2.19. The molecule has 2 N–H and O–H groups in total. The highest BCUT2D eigenvalue weighted by atomic mass is 28.3. The zero-order chi connectivity index (χ0) is 16.8. The van der Waals surface area contributed by atoms with Crippen molar-refractivity contribution in [1.82, 2.24) is 9.47 Å². The second kappa shape index (κ2) is 5.53. The van der Waals surface area contributed by atoms with E-state index in [0.717, 1.165) is 0 Å². The highest BCUT2D eigenvalue weighted by Crippen LogP contribution is 2.21. The number of carbonyl (C=O) groups is 1. The zero-order valence-corrected chi connectivity index (χ0v) is 14.4. The van der Waals surface area contributed by atoms with Gasteiger partial charge in [-0.25, -0.2) is 9.18 Å². The van der Waals surface area contributed by atoms with Gasteiger partial charge in [0.15, 0.2) is 0 Å². The van der Waals surface area contributed by atoms with E-state index in [1.165, 1.54) is 15.5 Å². The van der Waals surface area contributed by atoms with Gasteiger partial charge in [-0.1, -0.05) is 31.8 Å². The number of carbonyl (C=O) groups excluding carboxylic acids is 1. The van der Waals surface area contributed by atoms with Crippen LogP contribution in [-0.4, -0.2) is 54.8 Å². The van der Waals surface area contributed by atoms with Gasteiger partial charge in [0.1, 0.15) is 13.9 Å². The number of aromatic nitrogens is 1. The Kier molecular flexibility index (Phi) is 4.20. The number of para-hydroxylation sites is 1. The lowest BCUT2D eigenvalue weighted by Crippen LogP contribution is -2.49. The van der Waals surface area contributed by atoms with Crippen molar-refractivity contribution in [1.29, 1.82) is 0 Å². The van der Waals surface area contributed by atoms with Crippen LogP contribution in [0.3, 0.4) is 0 Å². The van der Waals surface area contributed by atoms with Gasteiger partial charge >= 0.3 is 13.1 Å². The van der Waals surface area contributed by atoms with Gasteiger partial charge in [0.25, 0.3) is 0 Å². The summed E-state index contributed by atoms with van der Waals surface area (Å²) in [5, 5.41) is 19.7. The van der Waals surface area contributed by atoms with Crippen LogP contribution in [0.2, 0.25) is 19.6 Å². The van der Waals surface area contributed by atoms with Crippen molar-refractivity contribution in [3.63, 3.8) is 0 Å². The maximum absolute atomic E-state index is 14.9. The van der Waals surface area contributed by atoms with Crippen LogP contribution < -0.4 is 10.8 Å². The average molecular weight is 322 g/mol. The highest BCUT2D eigenvalue weighted by molar-refractivity contribution is 6.88. The fraction of sp³-hybridized carbons (Fsp3) is 0.357. The minimum absolute atomic E-state index is 0.121. The molecule has 22 heavy (non-hydrogen) atoms. The van der Waals surface area contributed by atoms with E-state index in [1.54, 1.807) is 26.2 Å². The van der Waals surface area contributed by atoms with Crippen molar-refractivity contribution in [2.75, 3.05) is 14.1 Å². The molecule has 0 unspecified atom stereocenters. The second-order valence-electron chi connectivity index (χ2n) is 6.54. The molecule has 0 bridgehead atoms. The molecule has 1 aromatic heterocycles. The summed E-state index contributed by atoms with van der Waals surface area (Å²) in [7, 11) is -0.809. The molecule has 0 aliphatic rings. The summed E-state index contributed by atoms with van der Waals surface area (Å²) in [4.78, 5) is 13.9. The molecule has 0 aliphatic carbocycles. The molecule has 0 atom stereocenters. The summed E-state index contributed by atoms with van der Waals surface area (Å²) in [5.74, 6) is -0.452. The Hall–Kier alpha value is -1.64. The number of fused-ring (bicyclic) bond motifs is 1. The fourth-order valence-corrected chi connectivity index (χ4v) is 4.26. The van der Waals surface area contributed by atoms with Gasteiger partial charge < -0.3 is 14.9 Å². The van der Waals surface area contributed by atoms with Crippen molar-refractivity contribution in [2.45, 2.75) is 19.6 Å². The average Bonchev–Trinajstić information content (AvgIpc) is 2.70. The number of hydrogen-bond acceptors (Lipinski definition) is 3. The van der Waals surface area contributed by atoms with Crippen molar-refractivity contribution < 1.29 is 19.2 Å². The van der Waals surface area contributed by atoms with Crippen LogP contribution in [0.15, 0.2) is 18.2 Å². The van der Waals surface area contributed by atoms with Gasteiger partial charge in [0, 0.05) is 30.3 Å². The summed E-state index contributed by atoms with van der Waals surface area (Å²) in [5.41, 5.74) is 0.349. The number of benzene rings is 1. The van der Waals surface area contributed by atoms with E-state index in [-0.39, 0.29) is 16.4 Å². The molecule has 0 aliphatic heterocycles. The van der Waals surface area contributed by atoms with E-state index in [9.17, 15) is 19.2 Å². The van der Waals surface area contributed by atoms with E-state index in [1.807, 2.05) is 19.6 Å². The molecule has 0 fully saturated rings. The molecule has 8 heteroatoms. The van der Waals surface area contributed by atoms with Gasteiger partial charge in [-0.3, -0.25) is 4.57 Å². The molecule has 0 spiro atoms. The van der Waals surface area contributed by atoms with Crippen LogP contribution in [0.1, 0.15) is 0 Å². The van der Waals surface area contributed by atoms with Gasteiger partial charge in [0.05, 0.1) is 5.52 Å². The van der Waals surface area contributed by atoms with Gasteiger partial charge in [-0.15, -0.1) is 0 Å². The largest absolute Gasteiger partial charge is 0.490 e. The Labute approximate surface area is 130 Å². The van der Waals surface area contributed by atoms with Crippen LogP contribution in [0, 0.1) is 5.82 Å². The number of nitrogens with zero attached hydrogens (tertiary/aromatic N) is 2. The smallest absolute Gasteiger partial charge is 0.423 e. The predicted molar refractivity (Wildman–Crippen MR) is 89.2 cm³/mol. The first-order chi connectivity index (χ1) is 10.1. The molecule has 2 aromatic rings. The van der Waals surface area contributed by atoms with Gasteiger partial charge in [-0.2, -0.15) is 0 Å². The number of rotatable bonds is 2. The van der Waals surface area contributed by atoms with E-state index in [2.05, 4.69) is 0 Å². The standard InChI is InChI=1S/C14H20BFN2O3Si/c1-17(2)14(19)18-12-9(7-6-8-10(12)15(20)21)11(16)13(18)22(3,4)5/h6-8,20-21H,1-5H3. The lowest BCUT2D eigenvalue weighted by molar-refractivity contribution is 0.220. The molecule has 5 nitrogen and oxygen atoms in total. The van der Waals surface area contributed by atoms with Crippen molar-refractivity contribution in [2.24, 2.45) is 0 Å². The van der Waals surface area contributed by atoms with E-state index >= 15 is 0 Å². The normalized spacial score (nSPS) is 11.8. The van der Waals surface area contributed by atoms with E-state index < -0.39 is 27.0 Å². The summed E-state index contributed by atoms with van der Waals surface area (Å²) in [6.45, 7) is 5.83. The molecular formula is C14H20BFN2O3Si. The SMILES string of the molecule is CN(C)C(=O)n1c([Si](C)(C)C)c(F)c2cccc(B(O)O)c21. The topological polar surface area (TPSA) is 65.7 Å². The lowest BCUT2D eigenvalue weighted by Gasteiger charge is -2.22. The first kappa shape index (κ1) is 16.7. The van der Waals surface area contributed by atoms with Crippen LogP contribution in [-0.2, 0) is 0 Å².